The number of hydrogen-bond donors (Lipinski definition) is 3. The molecule has 1 amide bonds. The maximum absolute atomic E-state index is 12.5. The Bertz CT molecular complexity index is 825. The van der Waals surface area contributed by atoms with Crippen LogP contribution in [0.1, 0.15) is 129 Å². The first-order valence-electron chi connectivity index (χ1n) is 17.4. The van der Waals surface area contributed by atoms with Crippen molar-refractivity contribution in [1.29, 1.82) is 0 Å². The zero-order chi connectivity index (χ0) is 32.9. The summed E-state index contributed by atoms with van der Waals surface area (Å²) in [6.07, 6.45) is 31.2. The number of amides is 1. The van der Waals surface area contributed by atoms with E-state index in [0.29, 0.717) is 17.4 Å². The average Bonchev–Trinajstić information content (AvgIpc) is 2.96. The predicted molar refractivity (Wildman–Crippen MR) is 184 cm³/mol. The van der Waals surface area contributed by atoms with E-state index >= 15 is 0 Å². The SMILES string of the molecule is CCCCCCCCCC/C=C/CC/C=C/CC/C=C/C(O)C(COP(=O)(O)OCC[N+](C)(C)C)NC(=O)CCCCCC. The van der Waals surface area contributed by atoms with E-state index < -0.39 is 20.0 Å². The number of quaternary nitrogens is 1. The van der Waals surface area contributed by atoms with Crippen LogP contribution in [-0.4, -0.2) is 73.4 Å². The van der Waals surface area contributed by atoms with Crippen molar-refractivity contribution in [3.63, 3.8) is 0 Å². The van der Waals surface area contributed by atoms with Crippen molar-refractivity contribution >= 4 is 13.7 Å². The quantitative estimate of drug-likeness (QED) is 0.0314. The Morgan fingerprint density at radius 3 is 1.82 bits per heavy atom. The number of carbonyl (C=O) groups is 1. The third-order valence-corrected chi connectivity index (χ3v) is 8.32. The highest BCUT2D eigenvalue weighted by molar-refractivity contribution is 7.47. The van der Waals surface area contributed by atoms with Gasteiger partial charge >= 0.3 is 7.82 Å². The van der Waals surface area contributed by atoms with Gasteiger partial charge in [-0.2, -0.15) is 0 Å². The van der Waals surface area contributed by atoms with E-state index in [0.717, 1.165) is 51.4 Å². The number of unbranched alkanes of at least 4 members (excludes halogenated alkanes) is 13. The van der Waals surface area contributed by atoms with Crippen LogP contribution in [0, 0.1) is 0 Å². The lowest BCUT2D eigenvalue weighted by Gasteiger charge is -2.25. The number of aliphatic hydroxyl groups is 1. The number of carbonyl (C=O) groups excluding carboxylic acids is 1. The molecule has 44 heavy (non-hydrogen) atoms. The molecule has 0 aliphatic rings. The van der Waals surface area contributed by atoms with Gasteiger partial charge in [-0.05, 0) is 44.9 Å². The van der Waals surface area contributed by atoms with Gasteiger partial charge in [0.05, 0.1) is 39.9 Å². The fourth-order valence-electron chi connectivity index (χ4n) is 4.48. The molecule has 0 saturated carbocycles. The summed E-state index contributed by atoms with van der Waals surface area (Å²) in [7, 11) is 1.54. The molecule has 0 heterocycles. The zero-order valence-electron chi connectivity index (χ0n) is 28.9. The first-order valence-corrected chi connectivity index (χ1v) is 18.9. The number of nitrogens with zero attached hydrogens (tertiary/aromatic N) is 1. The van der Waals surface area contributed by atoms with E-state index in [9.17, 15) is 19.4 Å². The lowest BCUT2D eigenvalue weighted by atomic mass is 10.1. The maximum atomic E-state index is 12.5. The first kappa shape index (κ1) is 42.7. The Morgan fingerprint density at radius 2 is 1.25 bits per heavy atom. The molecule has 0 aromatic rings. The van der Waals surface area contributed by atoms with Crippen LogP contribution in [0.5, 0.6) is 0 Å². The molecule has 0 saturated heterocycles. The lowest BCUT2D eigenvalue weighted by molar-refractivity contribution is -0.870. The molecule has 3 atom stereocenters. The summed E-state index contributed by atoms with van der Waals surface area (Å²) in [6.45, 7) is 4.62. The third-order valence-electron chi connectivity index (χ3n) is 7.34. The molecule has 3 unspecified atom stereocenters. The van der Waals surface area contributed by atoms with Crippen molar-refractivity contribution in [2.75, 3.05) is 40.9 Å². The number of phosphoric ester groups is 1. The fraction of sp³-hybridized carbons (Fsp3) is 0.800. The minimum Gasteiger partial charge on any atom is -0.387 e. The highest BCUT2D eigenvalue weighted by Gasteiger charge is 2.27. The number of nitrogens with one attached hydrogen (secondary N) is 1. The third kappa shape index (κ3) is 29.4. The van der Waals surface area contributed by atoms with Crippen LogP contribution in [0.15, 0.2) is 36.5 Å². The predicted octanol–water partition coefficient (Wildman–Crippen LogP) is 8.40. The summed E-state index contributed by atoms with van der Waals surface area (Å²) < 4.78 is 23.2. The van der Waals surface area contributed by atoms with Crippen molar-refractivity contribution in [2.45, 2.75) is 142 Å². The largest absolute Gasteiger partial charge is 0.472 e. The summed E-state index contributed by atoms with van der Waals surface area (Å²) in [5.74, 6) is -0.212. The van der Waals surface area contributed by atoms with Crippen LogP contribution in [0.25, 0.3) is 0 Å². The van der Waals surface area contributed by atoms with Gasteiger partial charge in [-0.25, -0.2) is 4.57 Å². The van der Waals surface area contributed by atoms with Crippen LogP contribution in [0.3, 0.4) is 0 Å². The molecule has 258 valence electrons. The minimum atomic E-state index is -4.32. The summed E-state index contributed by atoms with van der Waals surface area (Å²) in [5, 5.41) is 13.5. The van der Waals surface area contributed by atoms with Crippen LogP contribution < -0.4 is 5.32 Å². The van der Waals surface area contributed by atoms with Gasteiger partial charge in [0.15, 0.2) is 0 Å². The molecule has 3 N–H and O–H groups in total. The molecular weight excluding hydrogens is 575 g/mol. The molecule has 0 aromatic heterocycles. The second kappa shape index (κ2) is 28.0. The van der Waals surface area contributed by atoms with Crippen LogP contribution in [-0.2, 0) is 18.4 Å². The molecular formula is C35H68N2O6P+. The number of hydrogen-bond acceptors (Lipinski definition) is 5. The van der Waals surface area contributed by atoms with Crippen LogP contribution >= 0.6 is 7.82 Å². The van der Waals surface area contributed by atoms with Crippen LogP contribution in [0.4, 0.5) is 0 Å². The van der Waals surface area contributed by atoms with Gasteiger partial charge in [0.25, 0.3) is 0 Å². The highest BCUT2D eigenvalue weighted by atomic mass is 31.2. The molecule has 0 aliphatic carbocycles. The summed E-state index contributed by atoms with van der Waals surface area (Å²) >= 11 is 0. The molecule has 0 spiro atoms. The van der Waals surface area contributed by atoms with E-state index in [1.165, 1.54) is 57.8 Å². The van der Waals surface area contributed by atoms with Gasteiger partial charge in [-0.1, -0.05) is 115 Å². The van der Waals surface area contributed by atoms with Gasteiger partial charge in [-0.15, -0.1) is 0 Å². The summed E-state index contributed by atoms with van der Waals surface area (Å²) in [6, 6.07) is -0.861. The Balaban J connectivity index is 4.47. The molecule has 0 aliphatic heterocycles. The standard InChI is InChI=1S/C35H67N2O6P/c1-6-8-10-12-13-14-15-16-17-18-19-20-21-22-23-24-25-26-28-34(38)33(36-35(39)29-27-11-9-7-2)32-43-44(40,41)42-31-30-37(3,4)5/h18-19,22-23,26,28,33-34,38H,6-17,20-21,24-25,27,29-32H2,1-5H3,(H-,36,39,40,41)/p+1/b19-18+,23-22+,28-26+. The van der Waals surface area contributed by atoms with Crippen LogP contribution in [0.2, 0.25) is 0 Å². The smallest absolute Gasteiger partial charge is 0.387 e. The van der Waals surface area contributed by atoms with E-state index in [-0.39, 0.29) is 19.1 Å². The molecule has 0 fully saturated rings. The molecule has 9 heteroatoms. The van der Waals surface area contributed by atoms with E-state index in [1.54, 1.807) is 6.08 Å². The maximum Gasteiger partial charge on any atom is 0.472 e. The number of phosphoric acid groups is 1. The normalized spacial score (nSPS) is 15.3. The molecule has 0 aromatic carbocycles. The zero-order valence-corrected chi connectivity index (χ0v) is 29.8. The monoisotopic (exact) mass is 643 g/mol. The molecule has 0 bridgehead atoms. The average molecular weight is 644 g/mol. The highest BCUT2D eigenvalue weighted by Crippen LogP contribution is 2.43. The van der Waals surface area contributed by atoms with Gasteiger partial charge in [0.2, 0.25) is 5.91 Å². The van der Waals surface area contributed by atoms with E-state index in [1.807, 2.05) is 27.2 Å². The minimum absolute atomic E-state index is 0.0529. The second-order valence-electron chi connectivity index (χ2n) is 12.9. The molecule has 8 nitrogen and oxygen atoms in total. The Hall–Kier alpha value is -1.28. The van der Waals surface area contributed by atoms with Gasteiger partial charge in [0.1, 0.15) is 13.2 Å². The first-order chi connectivity index (χ1) is 21.0. The second-order valence-corrected chi connectivity index (χ2v) is 14.3. The van der Waals surface area contributed by atoms with Gasteiger partial charge < -0.3 is 19.8 Å². The van der Waals surface area contributed by atoms with Gasteiger partial charge in [-0.3, -0.25) is 13.8 Å². The Labute approximate surface area is 270 Å². The van der Waals surface area contributed by atoms with E-state index in [2.05, 4.69) is 43.5 Å². The van der Waals surface area contributed by atoms with Crippen molar-refractivity contribution in [3.8, 4) is 0 Å². The number of aliphatic hydroxyl groups excluding tert-OH is 1. The topological polar surface area (TPSA) is 105 Å². The Kier molecular flexibility index (Phi) is 27.2. The number of allylic oxidation sites excluding steroid dienone is 5. The fourth-order valence-corrected chi connectivity index (χ4v) is 5.22. The van der Waals surface area contributed by atoms with Crippen molar-refractivity contribution in [3.05, 3.63) is 36.5 Å². The van der Waals surface area contributed by atoms with E-state index in [4.69, 9.17) is 9.05 Å². The summed E-state index contributed by atoms with van der Waals surface area (Å²) in [4.78, 5) is 22.6. The van der Waals surface area contributed by atoms with Crippen molar-refractivity contribution in [1.82, 2.24) is 5.32 Å². The Morgan fingerprint density at radius 1 is 0.750 bits per heavy atom. The molecule has 0 radical (unpaired) electrons. The number of likely N-dealkylation sites (N-methyl/N-ethyl adjacent to an activating group) is 1. The lowest BCUT2D eigenvalue weighted by Crippen LogP contribution is -2.45. The van der Waals surface area contributed by atoms with Gasteiger partial charge in [0, 0.05) is 6.42 Å². The molecule has 0 rings (SSSR count). The van der Waals surface area contributed by atoms with Crippen molar-refractivity contribution in [2.24, 2.45) is 0 Å². The number of rotatable bonds is 30. The summed E-state index contributed by atoms with van der Waals surface area (Å²) in [5.41, 5.74) is 0. The van der Waals surface area contributed by atoms with Crippen molar-refractivity contribution < 1.29 is 32.9 Å².